The molecular weight excluding hydrogens is 386 g/mol. The standard InChI is InChI=1S/C22H29N3O3S/c1-5-15-9-6-7-11-17(15)19(26)18-14-24-20(29-18)23-13-16-10-8-12-25(16)21(27)28-22(2,3)4/h6-7,9,11,14,16H,5,8,10,12-13H2,1-4H3,(H,23,24). The van der Waals surface area contributed by atoms with Crippen molar-refractivity contribution in [2.45, 2.75) is 58.6 Å². The number of ketones is 1. The smallest absolute Gasteiger partial charge is 0.410 e. The van der Waals surface area contributed by atoms with E-state index in [0.717, 1.165) is 30.4 Å². The second kappa shape index (κ2) is 8.95. The van der Waals surface area contributed by atoms with E-state index in [1.54, 1.807) is 11.1 Å². The molecule has 1 aliphatic rings. The average Bonchev–Trinajstić information content (AvgIpc) is 3.33. The largest absolute Gasteiger partial charge is 0.444 e. The van der Waals surface area contributed by atoms with Crippen LogP contribution in [-0.2, 0) is 11.2 Å². The summed E-state index contributed by atoms with van der Waals surface area (Å²) in [7, 11) is 0. The molecule has 6 nitrogen and oxygen atoms in total. The predicted octanol–water partition coefficient (Wildman–Crippen LogP) is 4.75. The average molecular weight is 416 g/mol. The lowest BCUT2D eigenvalue weighted by atomic mass is 10.0. The Hall–Kier alpha value is -2.41. The van der Waals surface area contributed by atoms with Gasteiger partial charge in [0.15, 0.2) is 5.13 Å². The number of rotatable bonds is 6. The molecule has 1 unspecified atom stereocenters. The quantitative estimate of drug-likeness (QED) is 0.690. The Morgan fingerprint density at radius 1 is 1.31 bits per heavy atom. The molecule has 0 aliphatic carbocycles. The van der Waals surface area contributed by atoms with E-state index in [2.05, 4.69) is 10.3 Å². The molecule has 1 aromatic carbocycles. The first-order chi connectivity index (χ1) is 13.8. The van der Waals surface area contributed by atoms with Gasteiger partial charge in [-0.25, -0.2) is 9.78 Å². The first-order valence-electron chi connectivity index (χ1n) is 10.1. The van der Waals surface area contributed by atoms with Crippen LogP contribution in [-0.4, -0.2) is 46.5 Å². The maximum Gasteiger partial charge on any atom is 0.410 e. The SMILES string of the molecule is CCc1ccccc1C(=O)c1cnc(NCC2CCCN2C(=O)OC(C)(C)C)s1. The first-order valence-corrected chi connectivity index (χ1v) is 10.9. The molecule has 1 saturated heterocycles. The Morgan fingerprint density at radius 2 is 2.07 bits per heavy atom. The van der Waals surface area contributed by atoms with Crippen molar-refractivity contribution in [3.05, 3.63) is 46.5 Å². The topological polar surface area (TPSA) is 71.5 Å². The number of ether oxygens (including phenoxy) is 1. The maximum absolute atomic E-state index is 12.8. The fourth-order valence-electron chi connectivity index (χ4n) is 3.46. The van der Waals surface area contributed by atoms with Gasteiger partial charge in [-0.15, -0.1) is 0 Å². The molecule has 1 aliphatic heterocycles. The molecule has 1 N–H and O–H groups in total. The number of carbonyl (C=O) groups is 2. The Balaban J connectivity index is 1.62. The lowest BCUT2D eigenvalue weighted by Crippen LogP contribution is -2.42. The third-order valence-corrected chi connectivity index (χ3v) is 5.82. The van der Waals surface area contributed by atoms with Crippen LogP contribution < -0.4 is 5.32 Å². The highest BCUT2D eigenvalue weighted by Gasteiger charge is 2.32. The summed E-state index contributed by atoms with van der Waals surface area (Å²) in [4.78, 5) is 32.0. The zero-order valence-corrected chi connectivity index (χ0v) is 18.3. The summed E-state index contributed by atoms with van der Waals surface area (Å²) in [5.74, 6) is 0.00393. The number of likely N-dealkylation sites (tertiary alicyclic amines) is 1. The minimum Gasteiger partial charge on any atom is -0.444 e. The van der Waals surface area contributed by atoms with E-state index in [1.807, 2.05) is 52.0 Å². The number of aromatic nitrogens is 1. The monoisotopic (exact) mass is 415 g/mol. The molecule has 7 heteroatoms. The summed E-state index contributed by atoms with van der Waals surface area (Å²) in [6, 6.07) is 7.75. The number of nitrogens with one attached hydrogen (secondary N) is 1. The molecule has 0 bridgehead atoms. The maximum atomic E-state index is 12.8. The Bertz CT molecular complexity index is 872. The van der Waals surface area contributed by atoms with E-state index in [-0.39, 0.29) is 17.9 Å². The summed E-state index contributed by atoms with van der Waals surface area (Å²) in [6.45, 7) is 8.96. The van der Waals surface area contributed by atoms with E-state index >= 15 is 0 Å². The van der Waals surface area contributed by atoms with Crippen LogP contribution in [0, 0.1) is 0 Å². The first kappa shape index (κ1) is 21.3. The zero-order valence-electron chi connectivity index (χ0n) is 17.5. The summed E-state index contributed by atoms with van der Waals surface area (Å²) in [6.07, 6.45) is 4.05. The van der Waals surface area contributed by atoms with Crippen LogP contribution in [0.3, 0.4) is 0 Å². The number of aryl methyl sites for hydroxylation is 1. The molecular formula is C22H29N3O3S. The fourth-order valence-corrected chi connectivity index (χ4v) is 4.23. The van der Waals surface area contributed by atoms with E-state index < -0.39 is 5.60 Å². The minimum absolute atomic E-state index is 0.00393. The molecule has 29 heavy (non-hydrogen) atoms. The van der Waals surface area contributed by atoms with E-state index in [1.165, 1.54) is 11.3 Å². The zero-order chi connectivity index (χ0) is 21.0. The second-order valence-corrected chi connectivity index (χ2v) is 9.25. The number of anilines is 1. The number of hydrogen-bond donors (Lipinski definition) is 1. The number of amides is 1. The molecule has 2 heterocycles. The van der Waals surface area contributed by atoms with Gasteiger partial charge in [0.05, 0.1) is 17.1 Å². The van der Waals surface area contributed by atoms with Crippen molar-refractivity contribution >= 4 is 28.3 Å². The van der Waals surface area contributed by atoms with Gasteiger partial charge in [0.25, 0.3) is 0 Å². The summed E-state index contributed by atoms with van der Waals surface area (Å²) in [5, 5.41) is 3.99. The second-order valence-electron chi connectivity index (χ2n) is 8.22. The Labute approximate surface area is 176 Å². The Kier molecular flexibility index (Phi) is 6.57. The predicted molar refractivity (Wildman–Crippen MR) is 116 cm³/mol. The summed E-state index contributed by atoms with van der Waals surface area (Å²) in [5.41, 5.74) is 1.27. The molecule has 2 aromatic rings. The number of nitrogens with zero attached hydrogens (tertiary/aromatic N) is 2. The number of carbonyl (C=O) groups excluding carboxylic acids is 2. The van der Waals surface area contributed by atoms with Gasteiger partial charge in [-0.1, -0.05) is 42.5 Å². The van der Waals surface area contributed by atoms with Crippen molar-refractivity contribution in [1.29, 1.82) is 0 Å². The highest BCUT2D eigenvalue weighted by molar-refractivity contribution is 7.17. The molecule has 0 saturated carbocycles. The van der Waals surface area contributed by atoms with Crippen LogP contribution in [0.1, 0.15) is 61.3 Å². The molecule has 0 spiro atoms. The number of hydrogen-bond acceptors (Lipinski definition) is 6. The van der Waals surface area contributed by atoms with Gasteiger partial charge >= 0.3 is 6.09 Å². The van der Waals surface area contributed by atoms with Crippen molar-refractivity contribution in [2.75, 3.05) is 18.4 Å². The highest BCUT2D eigenvalue weighted by atomic mass is 32.1. The van der Waals surface area contributed by atoms with Gasteiger partial charge in [-0.05, 0) is 45.6 Å². The molecule has 1 atom stereocenters. The lowest BCUT2D eigenvalue weighted by Gasteiger charge is -2.28. The van der Waals surface area contributed by atoms with Crippen LogP contribution in [0.15, 0.2) is 30.5 Å². The van der Waals surface area contributed by atoms with Gasteiger partial charge in [0, 0.05) is 18.7 Å². The van der Waals surface area contributed by atoms with Gasteiger partial charge in [-0.2, -0.15) is 0 Å². The van der Waals surface area contributed by atoms with E-state index in [4.69, 9.17) is 4.74 Å². The van der Waals surface area contributed by atoms with Crippen LogP contribution in [0.4, 0.5) is 9.93 Å². The van der Waals surface area contributed by atoms with Gasteiger partial charge < -0.3 is 15.0 Å². The summed E-state index contributed by atoms with van der Waals surface area (Å²) < 4.78 is 5.51. The van der Waals surface area contributed by atoms with Crippen LogP contribution >= 0.6 is 11.3 Å². The van der Waals surface area contributed by atoms with Crippen molar-refractivity contribution < 1.29 is 14.3 Å². The van der Waals surface area contributed by atoms with Gasteiger partial charge in [0.1, 0.15) is 5.60 Å². The van der Waals surface area contributed by atoms with Gasteiger partial charge in [-0.3, -0.25) is 4.79 Å². The third kappa shape index (κ3) is 5.35. The molecule has 1 fully saturated rings. The van der Waals surface area contributed by atoms with Crippen LogP contribution in [0.2, 0.25) is 0 Å². The van der Waals surface area contributed by atoms with Crippen LogP contribution in [0.25, 0.3) is 0 Å². The van der Waals surface area contributed by atoms with E-state index in [9.17, 15) is 9.59 Å². The molecule has 156 valence electrons. The lowest BCUT2D eigenvalue weighted by molar-refractivity contribution is 0.0235. The van der Waals surface area contributed by atoms with Gasteiger partial charge in [0.2, 0.25) is 5.78 Å². The van der Waals surface area contributed by atoms with Crippen molar-refractivity contribution in [1.82, 2.24) is 9.88 Å². The van der Waals surface area contributed by atoms with E-state index in [0.29, 0.717) is 23.1 Å². The highest BCUT2D eigenvalue weighted by Crippen LogP contribution is 2.25. The minimum atomic E-state index is -0.503. The molecule has 1 amide bonds. The molecule has 3 rings (SSSR count). The number of benzene rings is 1. The molecule has 1 aromatic heterocycles. The van der Waals surface area contributed by atoms with Crippen molar-refractivity contribution in [3.8, 4) is 0 Å². The van der Waals surface area contributed by atoms with Crippen LogP contribution in [0.5, 0.6) is 0 Å². The van der Waals surface area contributed by atoms with Crippen molar-refractivity contribution in [3.63, 3.8) is 0 Å². The summed E-state index contributed by atoms with van der Waals surface area (Å²) >= 11 is 1.35. The fraction of sp³-hybridized carbons (Fsp3) is 0.500. The van der Waals surface area contributed by atoms with Crippen molar-refractivity contribution in [2.24, 2.45) is 0 Å². The Morgan fingerprint density at radius 3 is 2.79 bits per heavy atom. The third-order valence-electron chi connectivity index (χ3n) is 4.87. The molecule has 0 radical (unpaired) electrons. The number of thiazole rings is 1. The normalized spacial score (nSPS) is 16.7.